The SMILES string of the molecule is CCC(NC(=O)CCc1cccnc1)c1ncc[nH]1. The smallest absolute Gasteiger partial charge is 0.220 e. The van der Waals surface area contributed by atoms with Crippen molar-refractivity contribution in [3.8, 4) is 0 Å². The Morgan fingerprint density at radius 1 is 1.47 bits per heavy atom. The van der Waals surface area contributed by atoms with Gasteiger partial charge in [0.2, 0.25) is 5.91 Å². The van der Waals surface area contributed by atoms with Gasteiger partial charge in [-0.15, -0.1) is 0 Å². The molecule has 0 bridgehead atoms. The third-order valence-electron chi connectivity index (χ3n) is 2.96. The largest absolute Gasteiger partial charge is 0.347 e. The molecule has 19 heavy (non-hydrogen) atoms. The zero-order chi connectivity index (χ0) is 13.5. The van der Waals surface area contributed by atoms with Crippen molar-refractivity contribution in [2.24, 2.45) is 0 Å². The Morgan fingerprint density at radius 2 is 2.37 bits per heavy atom. The predicted octanol–water partition coefficient (Wildman–Crippen LogP) is 2.00. The van der Waals surface area contributed by atoms with Gasteiger partial charge in [-0.3, -0.25) is 9.78 Å². The molecule has 2 aromatic rings. The lowest BCUT2D eigenvalue weighted by Gasteiger charge is -2.14. The molecule has 2 aromatic heterocycles. The number of hydrogen-bond donors (Lipinski definition) is 2. The van der Waals surface area contributed by atoms with Crippen molar-refractivity contribution in [1.29, 1.82) is 0 Å². The van der Waals surface area contributed by atoms with Gasteiger partial charge in [-0.2, -0.15) is 0 Å². The molecular weight excluding hydrogens is 240 g/mol. The molecule has 2 heterocycles. The molecule has 2 N–H and O–H groups in total. The number of nitrogens with zero attached hydrogens (tertiary/aromatic N) is 2. The van der Waals surface area contributed by atoms with Crippen LogP contribution >= 0.6 is 0 Å². The minimum Gasteiger partial charge on any atom is -0.347 e. The second-order valence-corrected chi connectivity index (χ2v) is 4.36. The highest BCUT2D eigenvalue weighted by Crippen LogP contribution is 2.11. The molecule has 1 unspecified atom stereocenters. The highest BCUT2D eigenvalue weighted by molar-refractivity contribution is 5.76. The van der Waals surface area contributed by atoms with Crippen LogP contribution in [0.25, 0.3) is 0 Å². The van der Waals surface area contributed by atoms with Crippen LogP contribution in [0.3, 0.4) is 0 Å². The van der Waals surface area contributed by atoms with Gasteiger partial charge in [0.25, 0.3) is 0 Å². The van der Waals surface area contributed by atoms with Crippen LogP contribution in [0, 0.1) is 0 Å². The number of rotatable bonds is 6. The monoisotopic (exact) mass is 258 g/mol. The molecule has 5 nitrogen and oxygen atoms in total. The van der Waals surface area contributed by atoms with Gasteiger partial charge in [-0.25, -0.2) is 4.98 Å². The second-order valence-electron chi connectivity index (χ2n) is 4.36. The number of hydrogen-bond acceptors (Lipinski definition) is 3. The van der Waals surface area contributed by atoms with Crippen molar-refractivity contribution in [2.45, 2.75) is 32.2 Å². The van der Waals surface area contributed by atoms with E-state index in [4.69, 9.17) is 0 Å². The summed E-state index contributed by atoms with van der Waals surface area (Å²) in [7, 11) is 0. The molecule has 100 valence electrons. The average Bonchev–Trinajstić information content (AvgIpc) is 2.97. The topological polar surface area (TPSA) is 70.7 Å². The first-order valence-corrected chi connectivity index (χ1v) is 6.47. The van der Waals surface area contributed by atoms with Crippen molar-refractivity contribution in [3.05, 3.63) is 48.3 Å². The Kier molecular flexibility index (Phi) is 4.66. The standard InChI is InChI=1S/C14H18N4O/c1-2-12(14-16-8-9-17-14)18-13(19)6-5-11-4-3-7-15-10-11/h3-4,7-10,12H,2,5-6H2,1H3,(H,16,17)(H,18,19). The molecule has 0 aliphatic heterocycles. The van der Waals surface area contributed by atoms with E-state index in [1.165, 1.54) is 0 Å². The minimum absolute atomic E-state index is 0.0344. The number of amides is 1. The Hall–Kier alpha value is -2.17. The summed E-state index contributed by atoms with van der Waals surface area (Å²) in [5.74, 6) is 0.837. The summed E-state index contributed by atoms with van der Waals surface area (Å²) >= 11 is 0. The number of aromatic nitrogens is 3. The molecular formula is C14H18N4O. The average molecular weight is 258 g/mol. The molecule has 1 amide bonds. The van der Waals surface area contributed by atoms with Crippen molar-refractivity contribution in [3.63, 3.8) is 0 Å². The number of pyridine rings is 1. The number of aromatic amines is 1. The molecule has 0 spiro atoms. The summed E-state index contributed by atoms with van der Waals surface area (Å²) in [6, 6.07) is 3.81. The minimum atomic E-state index is -0.0450. The van der Waals surface area contributed by atoms with Crippen LogP contribution in [0.15, 0.2) is 36.9 Å². The van der Waals surface area contributed by atoms with Crippen LogP contribution in [0.2, 0.25) is 0 Å². The molecule has 0 aliphatic rings. The highest BCUT2D eigenvalue weighted by atomic mass is 16.1. The first kappa shape index (κ1) is 13.3. The summed E-state index contributed by atoms with van der Waals surface area (Å²) in [5, 5.41) is 2.99. The van der Waals surface area contributed by atoms with Gasteiger partial charge in [0.1, 0.15) is 5.82 Å². The van der Waals surface area contributed by atoms with Gasteiger partial charge in [0.05, 0.1) is 6.04 Å². The van der Waals surface area contributed by atoms with E-state index >= 15 is 0 Å². The summed E-state index contributed by atoms with van der Waals surface area (Å²) in [6.45, 7) is 2.02. The normalized spacial score (nSPS) is 12.1. The van der Waals surface area contributed by atoms with Crippen LogP contribution in [-0.4, -0.2) is 20.9 Å². The molecule has 5 heteroatoms. The van der Waals surface area contributed by atoms with E-state index in [9.17, 15) is 4.79 Å². The van der Waals surface area contributed by atoms with Crippen LogP contribution in [0.1, 0.15) is 37.2 Å². The lowest BCUT2D eigenvalue weighted by Crippen LogP contribution is -2.29. The summed E-state index contributed by atoms with van der Waals surface area (Å²) in [6.07, 6.45) is 8.95. The molecule has 2 rings (SSSR count). The third-order valence-corrected chi connectivity index (χ3v) is 2.96. The van der Waals surface area contributed by atoms with Gasteiger partial charge >= 0.3 is 0 Å². The summed E-state index contributed by atoms with van der Waals surface area (Å²) in [5.41, 5.74) is 1.07. The third kappa shape index (κ3) is 3.91. The maximum absolute atomic E-state index is 11.9. The number of aryl methyl sites for hydroxylation is 1. The van der Waals surface area contributed by atoms with Gasteiger partial charge < -0.3 is 10.3 Å². The number of carbonyl (C=O) groups excluding carboxylic acids is 1. The van der Waals surface area contributed by atoms with Gasteiger partial charge in [-0.05, 0) is 24.5 Å². The second kappa shape index (κ2) is 6.68. The zero-order valence-corrected chi connectivity index (χ0v) is 11.0. The van der Waals surface area contributed by atoms with Crippen LogP contribution in [0.4, 0.5) is 0 Å². The van der Waals surface area contributed by atoms with E-state index in [1.807, 2.05) is 19.1 Å². The summed E-state index contributed by atoms with van der Waals surface area (Å²) < 4.78 is 0. The molecule has 1 atom stereocenters. The van der Waals surface area contributed by atoms with Crippen molar-refractivity contribution in [2.75, 3.05) is 0 Å². The highest BCUT2D eigenvalue weighted by Gasteiger charge is 2.14. The zero-order valence-electron chi connectivity index (χ0n) is 11.0. The lowest BCUT2D eigenvalue weighted by molar-refractivity contribution is -0.121. The molecule has 0 aliphatic carbocycles. The Balaban J connectivity index is 1.84. The van der Waals surface area contributed by atoms with E-state index in [0.29, 0.717) is 12.8 Å². The van der Waals surface area contributed by atoms with Crippen LogP contribution < -0.4 is 5.32 Å². The maximum atomic E-state index is 11.9. The van der Waals surface area contributed by atoms with E-state index < -0.39 is 0 Å². The lowest BCUT2D eigenvalue weighted by atomic mass is 10.1. The fraction of sp³-hybridized carbons (Fsp3) is 0.357. The predicted molar refractivity (Wildman–Crippen MR) is 72.3 cm³/mol. The molecule has 0 saturated carbocycles. The Labute approximate surface area is 112 Å². The molecule has 0 fully saturated rings. The fourth-order valence-electron chi connectivity index (χ4n) is 1.90. The summed E-state index contributed by atoms with van der Waals surface area (Å²) in [4.78, 5) is 23.2. The molecule has 0 aromatic carbocycles. The molecule has 0 radical (unpaired) electrons. The van der Waals surface area contributed by atoms with Crippen molar-refractivity contribution < 1.29 is 4.79 Å². The molecule has 0 saturated heterocycles. The number of nitrogens with one attached hydrogen (secondary N) is 2. The Bertz CT molecular complexity index is 495. The fourth-order valence-corrected chi connectivity index (χ4v) is 1.90. The van der Waals surface area contributed by atoms with Gasteiger partial charge in [0.15, 0.2) is 0 Å². The quantitative estimate of drug-likeness (QED) is 0.832. The number of imidazole rings is 1. The first-order valence-electron chi connectivity index (χ1n) is 6.47. The van der Waals surface area contributed by atoms with Crippen molar-refractivity contribution >= 4 is 5.91 Å². The van der Waals surface area contributed by atoms with Gasteiger partial charge in [0, 0.05) is 31.2 Å². The van der Waals surface area contributed by atoms with Crippen LogP contribution in [0.5, 0.6) is 0 Å². The number of H-pyrrole nitrogens is 1. The maximum Gasteiger partial charge on any atom is 0.220 e. The Morgan fingerprint density at radius 3 is 3.00 bits per heavy atom. The van der Waals surface area contributed by atoms with E-state index in [-0.39, 0.29) is 11.9 Å². The first-order chi connectivity index (χ1) is 9.29. The van der Waals surface area contributed by atoms with Crippen LogP contribution in [-0.2, 0) is 11.2 Å². The van der Waals surface area contributed by atoms with E-state index in [2.05, 4.69) is 20.3 Å². The van der Waals surface area contributed by atoms with E-state index in [0.717, 1.165) is 17.8 Å². The number of carbonyl (C=O) groups is 1. The van der Waals surface area contributed by atoms with Gasteiger partial charge in [-0.1, -0.05) is 13.0 Å². The van der Waals surface area contributed by atoms with E-state index in [1.54, 1.807) is 24.8 Å². The van der Waals surface area contributed by atoms with Crippen molar-refractivity contribution in [1.82, 2.24) is 20.3 Å².